The van der Waals surface area contributed by atoms with Crippen LogP contribution in [0.5, 0.6) is 0 Å². The second-order valence-electron chi connectivity index (χ2n) is 5.45. The largest absolute Gasteiger partial charge is 0.383 e. The summed E-state index contributed by atoms with van der Waals surface area (Å²) in [6.07, 6.45) is 1.03. The van der Waals surface area contributed by atoms with Gasteiger partial charge in [0.1, 0.15) is 0 Å². The average molecular weight is 318 g/mol. The Morgan fingerprint density at radius 1 is 0.955 bits per heavy atom. The van der Waals surface area contributed by atoms with Crippen molar-refractivity contribution in [3.63, 3.8) is 0 Å². The van der Waals surface area contributed by atoms with Gasteiger partial charge in [0.2, 0.25) is 0 Å². The van der Waals surface area contributed by atoms with Crippen molar-refractivity contribution in [2.45, 2.75) is 38.1 Å². The molecule has 0 aliphatic heterocycles. The first kappa shape index (κ1) is 16.4. The summed E-state index contributed by atoms with van der Waals surface area (Å²) in [7, 11) is -3.54. The van der Waals surface area contributed by atoms with Crippen LogP contribution in [0.4, 0.5) is 11.4 Å². The highest BCUT2D eigenvalue weighted by Gasteiger charge is 2.13. The first-order chi connectivity index (χ1) is 10.4. The van der Waals surface area contributed by atoms with Gasteiger partial charge in [0, 0.05) is 17.4 Å². The Morgan fingerprint density at radius 2 is 1.50 bits per heavy atom. The molecule has 0 saturated carbocycles. The molecule has 5 heteroatoms. The van der Waals surface area contributed by atoms with Gasteiger partial charge in [-0.1, -0.05) is 24.6 Å². The van der Waals surface area contributed by atoms with E-state index in [2.05, 4.69) is 23.9 Å². The molecule has 0 fully saturated rings. The molecular weight excluding hydrogens is 296 g/mol. The van der Waals surface area contributed by atoms with Crippen molar-refractivity contribution >= 4 is 21.4 Å². The van der Waals surface area contributed by atoms with Crippen molar-refractivity contribution in [3.05, 3.63) is 54.1 Å². The molecule has 1 unspecified atom stereocenters. The number of aryl methyl sites for hydroxylation is 1. The van der Waals surface area contributed by atoms with Gasteiger partial charge in [0.25, 0.3) is 10.0 Å². The minimum atomic E-state index is -3.54. The summed E-state index contributed by atoms with van der Waals surface area (Å²) in [5.41, 5.74) is 2.56. The van der Waals surface area contributed by atoms with Crippen LogP contribution in [-0.2, 0) is 10.0 Å². The van der Waals surface area contributed by atoms with Crippen molar-refractivity contribution in [2.75, 3.05) is 10.0 Å². The number of hydrogen-bond acceptors (Lipinski definition) is 3. The molecule has 0 heterocycles. The van der Waals surface area contributed by atoms with Crippen molar-refractivity contribution < 1.29 is 8.42 Å². The van der Waals surface area contributed by atoms with Crippen LogP contribution in [0.3, 0.4) is 0 Å². The zero-order valence-electron chi connectivity index (χ0n) is 13.1. The fraction of sp³-hybridized carbons (Fsp3) is 0.294. The lowest BCUT2D eigenvalue weighted by molar-refractivity contribution is 0.601. The summed E-state index contributed by atoms with van der Waals surface area (Å²) in [6, 6.07) is 14.4. The molecule has 1 atom stereocenters. The fourth-order valence-electron chi connectivity index (χ4n) is 1.95. The molecule has 2 rings (SSSR count). The maximum absolute atomic E-state index is 12.3. The standard InChI is InChI=1S/C17H22N2O2S/c1-4-14(3)18-15-7-9-16(10-8-15)19-22(20,21)17-11-5-13(2)6-12-17/h5-12,14,18-19H,4H2,1-3H3. The summed E-state index contributed by atoms with van der Waals surface area (Å²) in [6.45, 7) is 6.14. The van der Waals surface area contributed by atoms with Gasteiger partial charge in [-0.3, -0.25) is 4.72 Å². The van der Waals surface area contributed by atoms with Crippen molar-refractivity contribution in [1.29, 1.82) is 0 Å². The number of benzene rings is 2. The summed E-state index contributed by atoms with van der Waals surface area (Å²) < 4.78 is 27.2. The molecule has 118 valence electrons. The Hall–Kier alpha value is -2.01. The van der Waals surface area contributed by atoms with Gasteiger partial charge < -0.3 is 5.32 Å². The highest BCUT2D eigenvalue weighted by Crippen LogP contribution is 2.19. The lowest BCUT2D eigenvalue weighted by Gasteiger charge is -2.14. The molecule has 2 N–H and O–H groups in total. The van der Waals surface area contributed by atoms with Crippen molar-refractivity contribution in [2.24, 2.45) is 0 Å². The molecule has 0 aliphatic rings. The van der Waals surface area contributed by atoms with E-state index < -0.39 is 10.0 Å². The second-order valence-corrected chi connectivity index (χ2v) is 7.13. The van der Waals surface area contributed by atoms with Crippen LogP contribution in [0.15, 0.2) is 53.4 Å². The molecule has 0 amide bonds. The van der Waals surface area contributed by atoms with Crippen molar-refractivity contribution in [3.8, 4) is 0 Å². The van der Waals surface area contributed by atoms with Gasteiger partial charge in [0.05, 0.1) is 4.90 Å². The third-order valence-corrected chi connectivity index (χ3v) is 4.89. The molecule has 2 aromatic carbocycles. The first-order valence-corrected chi connectivity index (χ1v) is 8.85. The summed E-state index contributed by atoms with van der Waals surface area (Å²) in [5.74, 6) is 0. The monoisotopic (exact) mass is 318 g/mol. The Labute approximate surface area is 132 Å². The highest BCUT2D eigenvalue weighted by atomic mass is 32.2. The van der Waals surface area contributed by atoms with E-state index in [9.17, 15) is 8.42 Å². The number of anilines is 2. The van der Waals surface area contributed by atoms with E-state index in [0.717, 1.165) is 17.7 Å². The van der Waals surface area contributed by atoms with Crippen LogP contribution >= 0.6 is 0 Å². The zero-order chi connectivity index (χ0) is 16.2. The molecule has 0 aliphatic carbocycles. The van der Waals surface area contributed by atoms with Gasteiger partial charge >= 0.3 is 0 Å². The molecule has 0 aromatic heterocycles. The van der Waals surface area contributed by atoms with Gasteiger partial charge in [0.15, 0.2) is 0 Å². The minimum Gasteiger partial charge on any atom is -0.383 e. The topological polar surface area (TPSA) is 58.2 Å². The number of hydrogen-bond donors (Lipinski definition) is 2. The number of rotatable bonds is 6. The predicted octanol–water partition coefficient (Wildman–Crippen LogP) is 4.01. The Bertz CT molecular complexity index is 707. The molecule has 22 heavy (non-hydrogen) atoms. The fourth-order valence-corrected chi connectivity index (χ4v) is 3.01. The molecule has 0 saturated heterocycles. The Balaban J connectivity index is 2.11. The Kier molecular flexibility index (Phi) is 5.08. The maximum Gasteiger partial charge on any atom is 0.261 e. The van der Waals surface area contributed by atoms with Crippen LogP contribution in [0, 0.1) is 6.92 Å². The van der Waals surface area contributed by atoms with E-state index in [0.29, 0.717) is 11.7 Å². The summed E-state index contributed by atoms with van der Waals surface area (Å²) in [4.78, 5) is 0.264. The third kappa shape index (κ3) is 4.24. The molecule has 0 radical (unpaired) electrons. The van der Waals surface area contributed by atoms with E-state index in [4.69, 9.17) is 0 Å². The van der Waals surface area contributed by atoms with E-state index >= 15 is 0 Å². The smallest absolute Gasteiger partial charge is 0.261 e. The maximum atomic E-state index is 12.3. The SMILES string of the molecule is CCC(C)Nc1ccc(NS(=O)(=O)c2ccc(C)cc2)cc1. The van der Waals surface area contributed by atoms with E-state index in [1.807, 2.05) is 19.1 Å². The molecule has 2 aromatic rings. The zero-order valence-corrected chi connectivity index (χ0v) is 13.9. The Morgan fingerprint density at radius 3 is 2.05 bits per heavy atom. The average Bonchev–Trinajstić information content (AvgIpc) is 2.49. The highest BCUT2D eigenvalue weighted by molar-refractivity contribution is 7.92. The van der Waals surface area contributed by atoms with Crippen LogP contribution < -0.4 is 10.0 Å². The van der Waals surface area contributed by atoms with Crippen LogP contribution in [0.25, 0.3) is 0 Å². The normalized spacial score (nSPS) is 12.7. The third-order valence-electron chi connectivity index (χ3n) is 3.49. The molecule has 0 bridgehead atoms. The van der Waals surface area contributed by atoms with E-state index in [-0.39, 0.29) is 4.90 Å². The van der Waals surface area contributed by atoms with Gasteiger partial charge in [-0.2, -0.15) is 0 Å². The quantitative estimate of drug-likeness (QED) is 0.846. The first-order valence-electron chi connectivity index (χ1n) is 7.37. The van der Waals surface area contributed by atoms with E-state index in [1.54, 1.807) is 36.4 Å². The molecule has 0 spiro atoms. The van der Waals surface area contributed by atoms with Gasteiger partial charge in [-0.05, 0) is 56.7 Å². The van der Waals surface area contributed by atoms with Crippen LogP contribution in [0.2, 0.25) is 0 Å². The lowest BCUT2D eigenvalue weighted by atomic mass is 10.2. The summed E-state index contributed by atoms with van der Waals surface area (Å²) >= 11 is 0. The van der Waals surface area contributed by atoms with Gasteiger partial charge in [-0.25, -0.2) is 8.42 Å². The minimum absolute atomic E-state index is 0.264. The number of sulfonamides is 1. The van der Waals surface area contributed by atoms with Crippen LogP contribution in [0.1, 0.15) is 25.8 Å². The molecular formula is C17H22N2O2S. The number of nitrogens with one attached hydrogen (secondary N) is 2. The lowest BCUT2D eigenvalue weighted by Crippen LogP contribution is -2.14. The van der Waals surface area contributed by atoms with E-state index in [1.165, 1.54) is 0 Å². The molecule has 4 nitrogen and oxygen atoms in total. The van der Waals surface area contributed by atoms with Crippen molar-refractivity contribution in [1.82, 2.24) is 0 Å². The second kappa shape index (κ2) is 6.83. The van der Waals surface area contributed by atoms with Gasteiger partial charge in [-0.15, -0.1) is 0 Å². The summed E-state index contributed by atoms with van der Waals surface area (Å²) in [5, 5.41) is 3.34. The predicted molar refractivity (Wildman–Crippen MR) is 91.8 cm³/mol. The van der Waals surface area contributed by atoms with Crippen LogP contribution in [-0.4, -0.2) is 14.5 Å².